The lowest BCUT2D eigenvalue weighted by atomic mass is 10.0. The second-order valence-corrected chi connectivity index (χ2v) is 8.85. The summed E-state index contributed by atoms with van der Waals surface area (Å²) in [5, 5.41) is 17.3. The highest BCUT2D eigenvalue weighted by atomic mass is 16.6. The van der Waals surface area contributed by atoms with Gasteiger partial charge in [0.25, 0.3) is 0 Å². The molecular weight excluding hydrogens is 440 g/mol. The fourth-order valence-corrected chi connectivity index (χ4v) is 4.65. The molecular formula is C29H26N2O4. The first kappa shape index (κ1) is 22.8. The number of methoxy groups -OCH3 is 1. The molecule has 5 rings (SSSR count). The Hall–Kier alpha value is -4.00. The highest BCUT2D eigenvalue weighted by Crippen LogP contribution is 2.36. The van der Waals surface area contributed by atoms with Gasteiger partial charge in [-0.15, -0.1) is 4.91 Å². The van der Waals surface area contributed by atoms with Gasteiger partial charge in [0.15, 0.2) is 6.10 Å². The van der Waals surface area contributed by atoms with Crippen molar-refractivity contribution in [3.05, 3.63) is 124 Å². The summed E-state index contributed by atoms with van der Waals surface area (Å²) in [7, 11) is 1.63. The van der Waals surface area contributed by atoms with Crippen molar-refractivity contribution in [1.29, 1.82) is 0 Å². The van der Waals surface area contributed by atoms with Gasteiger partial charge >= 0.3 is 0 Å². The molecule has 1 aliphatic heterocycles. The fraction of sp³-hybridized carbons (Fsp3) is 0.172. The van der Waals surface area contributed by atoms with Crippen LogP contribution in [0.3, 0.4) is 0 Å². The molecule has 6 heteroatoms. The molecule has 2 atom stereocenters. The normalized spacial score (nSPS) is 19.2. The van der Waals surface area contributed by atoms with Gasteiger partial charge in [0.05, 0.1) is 7.11 Å². The first-order valence-corrected chi connectivity index (χ1v) is 11.5. The molecule has 0 saturated heterocycles. The molecule has 0 amide bonds. The zero-order valence-corrected chi connectivity index (χ0v) is 19.5. The van der Waals surface area contributed by atoms with Gasteiger partial charge in [0.2, 0.25) is 0 Å². The van der Waals surface area contributed by atoms with E-state index in [1.807, 2.05) is 84.9 Å². The van der Waals surface area contributed by atoms with Crippen LogP contribution in [0.2, 0.25) is 0 Å². The summed E-state index contributed by atoms with van der Waals surface area (Å²) in [4.78, 5) is 11.2. The van der Waals surface area contributed by atoms with E-state index in [1.54, 1.807) is 19.2 Å². The van der Waals surface area contributed by atoms with E-state index in [9.17, 15) is 10.1 Å². The van der Waals surface area contributed by atoms with E-state index >= 15 is 0 Å². The van der Waals surface area contributed by atoms with Crippen molar-refractivity contribution in [2.45, 2.75) is 19.2 Å². The number of hydroxylamine groups is 3. The van der Waals surface area contributed by atoms with Gasteiger partial charge in [-0.3, -0.25) is 0 Å². The Morgan fingerprint density at radius 3 is 2.40 bits per heavy atom. The Bertz CT molecular complexity index is 1320. The molecule has 0 radical (unpaired) electrons. The molecule has 0 saturated carbocycles. The lowest BCUT2D eigenvalue weighted by molar-refractivity contribution is -0.909. The third kappa shape index (κ3) is 4.94. The summed E-state index contributed by atoms with van der Waals surface area (Å²) in [6.07, 6.45) is -0.383. The number of nitroso groups, excluding NO2 is 1. The summed E-state index contributed by atoms with van der Waals surface area (Å²) < 4.78 is 11.2. The molecule has 2 unspecified atom stereocenters. The summed E-state index contributed by atoms with van der Waals surface area (Å²) in [6.45, 7) is 0.904. The number of fused-ring (bicyclic) bond motifs is 1. The van der Waals surface area contributed by atoms with E-state index in [0.29, 0.717) is 18.8 Å². The Morgan fingerprint density at radius 1 is 0.943 bits per heavy atom. The molecule has 1 heterocycles. The van der Waals surface area contributed by atoms with Crippen molar-refractivity contribution in [2.75, 3.05) is 13.7 Å². The molecule has 35 heavy (non-hydrogen) atoms. The van der Waals surface area contributed by atoms with Crippen LogP contribution in [0.1, 0.15) is 22.8 Å². The van der Waals surface area contributed by atoms with Crippen LogP contribution in [-0.4, -0.2) is 18.3 Å². The largest absolute Gasteiger partial charge is 0.632 e. The summed E-state index contributed by atoms with van der Waals surface area (Å²) in [5.41, 5.74) is 4.83. The monoisotopic (exact) mass is 466 g/mol. The number of ether oxygens (including phenoxy) is 2. The number of quaternary nitrogens is 1. The highest BCUT2D eigenvalue weighted by Gasteiger charge is 2.31. The Labute approximate surface area is 204 Å². The Morgan fingerprint density at radius 2 is 1.66 bits per heavy atom. The molecule has 176 valence electrons. The van der Waals surface area contributed by atoms with Crippen molar-refractivity contribution < 1.29 is 14.1 Å². The SMILES string of the molecule is COc1ccc(C2C[N+]([O-])(Cc3ccc(-c4ccccc4N=O)cc3)Cc3ccccc3O2)cc1. The predicted octanol–water partition coefficient (Wildman–Crippen LogP) is 6.91. The van der Waals surface area contributed by atoms with Crippen molar-refractivity contribution in [1.82, 2.24) is 0 Å². The quantitative estimate of drug-likeness (QED) is 0.176. The maximum atomic E-state index is 14.2. The molecule has 0 aromatic heterocycles. The molecule has 4 aromatic carbocycles. The molecule has 0 fully saturated rings. The number of benzene rings is 4. The molecule has 6 nitrogen and oxygen atoms in total. The van der Waals surface area contributed by atoms with E-state index in [-0.39, 0.29) is 12.6 Å². The molecule has 0 N–H and O–H groups in total. The van der Waals surface area contributed by atoms with Crippen molar-refractivity contribution >= 4 is 5.69 Å². The lowest BCUT2D eigenvalue weighted by Crippen LogP contribution is -2.43. The molecule has 0 aliphatic carbocycles. The molecule has 0 spiro atoms. The van der Waals surface area contributed by atoms with Gasteiger partial charge < -0.3 is 19.3 Å². The standard InChI is InChI=1S/C29H26N2O4/c1-34-25-16-14-23(15-17-25)29-20-31(33,19-24-6-2-5-9-28(24)35-29)18-21-10-12-22(13-11-21)26-7-3-4-8-27(26)30-32/h2-17,29H,18-20H2,1H3. The Kier molecular flexibility index (Phi) is 6.31. The van der Waals surface area contributed by atoms with E-state index in [2.05, 4.69) is 5.18 Å². The van der Waals surface area contributed by atoms with Crippen molar-refractivity contribution in [3.63, 3.8) is 0 Å². The van der Waals surface area contributed by atoms with Crippen LogP contribution in [0.15, 0.2) is 102 Å². The molecule has 4 aromatic rings. The summed E-state index contributed by atoms with van der Waals surface area (Å²) in [6, 6.07) is 30.5. The van der Waals surface area contributed by atoms with Crippen LogP contribution in [0.25, 0.3) is 11.1 Å². The number of hydrogen-bond donors (Lipinski definition) is 0. The lowest BCUT2D eigenvalue weighted by Gasteiger charge is -2.43. The third-order valence-corrected chi connectivity index (χ3v) is 6.42. The average molecular weight is 467 g/mol. The van der Waals surface area contributed by atoms with Gasteiger partial charge in [-0.05, 0) is 46.6 Å². The topological polar surface area (TPSA) is 71.0 Å². The second kappa shape index (κ2) is 9.70. The number of rotatable bonds is 6. The average Bonchev–Trinajstić information content (AvgIpc) is 3.04. The minimum Gasteiger partial charge on any atom is -0.632 e. The smallest absolute Gasteiger partial charge is 0.173 e. The molecule has 0 bridgehead atoms. The van der Waals surface area contributed by atoms with Crippen LogP contribution >= 0.6 is 0 Å². The Balaban J connectivity index is 1.44. The van der Waals surface area contributed by atoms with Crippen molar-refractivity contribution in [3.8, 4) is 22.6 Å². The van der Waals surface area contributed by atoms with Gasteiger partial charge in [0.1, 0.15) is 36.8 Å². The van der Waals surface area contributed by atoms with E-state index < -0.39 is 4.65 Å². The van der Waals surface area contributed by atoms with Gasteiger partial charge in [0, 0.05) is 16.7 Å². The first-order chi connectivity index (χ1) is 17.1. The van der Waals surface area contributed by atoms with Crippen LogP contribution in [0, 0.1) is 10.1 Å². The van der Waals surface area contributed by atoms with E-state index in [1.165, 1.54) is 0 Å². The first-order valence-electron chi connectivity index (χ1n) is 11.5. The van der Waals surface area contributed by atoms with E-state index in [0.717, 1.165) is 39.3 Å². The van der Waals surface area contributed by atoms with Crippen molar-refractivity contribution in [2.24, 2.45) is 5.18 Å². The summed E-state index contributed by atoms with van der Waals surface area (Å²) >= 11 is 0. The zero-order chi connectivity index (χ0) is 24.3. The zero-order valence-electron chi connectivity index (χ0n) is 19.5. The van der Waals surface area contributed by atoms with Gasteiger partial charge in [-0.1, -0.05) is 66.7 Å². The number of nitrogens with zero attached hydrogens (tertiary/aromatic N) is 2. The summed E-state index contributed by atoms with van der Waals surface area (Å²) in [5.74, 6) is 1.51. The highest BCUT2D eigenvalue weighted by molar-refractivity contribution is 5.75. The van der Waals surface area contributed by atoms with E-state index in [4.69, 9.17) is 9.47 Å². The molecule has 1 aliphatic rings. The predicted molar refractivity (Wildman–Crippen MR) is 136 cm³/mol. The van der Waals surface area contributed by atoms with Gasteiger partial charge in [-0.2, -0.15) is 0 Å². The third-order valence-electron chi connectivity index (χ3n) is 6.42. The maximum absolute atomic E-state index is 14.2. The van der Waals surface area contributed by atoms with Crippen LogP contribution in [0.5, 0.6) is 11.5 Å². The minimum absolute atomic E-state index is 0.278. The fourth-order valence-electron chi connectivity index (χ4n) is 4.65. The van der Waals surface area contributed by atoms with Gasteiger partial charge in [-0.25, -0.2) is 0 Å². The van der Waals surface area contributed by atoms with Crippen LogP contribution in [-0.2, 0) is 13.1 Å². The van der Waals surface area contributed by atoms with Crippen LogP contribution in [0.4, 0.5) is 5.69 Å². The number of para-hydroxylation sites is 1. The van der Waals surface area contributed by atoms with Crippen LogP contribution < -0.4 is 9.47 Å². The number of hydrogen-bond acceptors (Lipinski definition) is 5. The second-order valence-electron chi connectivity index (χ2n) is 8.85. The maximum Gasteiger partial charge on any atom is 0.173 e. The minimum atomic E-state index is -0.445.